The molecule has 2 N–H and O–H groups in total. The van der Waals surface area contributed by atoms with E-state index in [0.717, 1.165) is 24.2 Å². The minimum absolute atomic E-state index is 0.0257. The summed E-state index contributed by atoms with van der Waals surface area (Å²) in [5.41, 5.74) is 3.94. The van der Waals surface area contributed by atoms with Gasteiger partial charge in [-0.15, -0.1) is 0 Å². The number of nitrogens with one attached hydrogen (secondary N) is 2. The lowest BCUT2D eigenvalue weighted by atomic mass is 10.1. The van der Waals surface area contributed by atoms with Gasteiger partial charge < -0.3 is 15.2 Å². The fraction of sp³-hybridized carbons (Fsp3) is 0.300. The molecule has 3 aromatic rings. The highest BCUT2D eigenvalue weighted by Crippen LogP contribution is 2.18. The average Bonchev–Trinajstić information content (AvgIpc) is 3.06. The maximum Gasteiger partial charge on any atom is 0.255 e. The van der Waals surface area contributed by atoms with Crippen LogP contribution in [0.3, 0.4) is 0 Å². The van der Waals surface area contributed by atoms with E-state index < -0.39 is 0 Å². The van der Waals surface area contributed by atoms with Crippen LogP contribution in [0.4, 0.5) is 5.69 Å². The maximum atomic E-state index is 12.4. The molecule has 25 heavy (non-hydrogen) atoms. The quantitative estimate of drug-likeness (QED) is 0.691. The molecular formula is C20H24N4O. The molecule has 0 bridgehead atoms. The number of benzene rings is 1. The molecule has 0 atom stereocenters. The molecular weight excluding hydrogens is 312 g/mol. The van der Waals surface area contributed by atoms with E-state index in [4.69, 9.17) is 0 Å². The fourth-order valence-electron chi connectivity index (χ4n) is 3.03. The van der Waals surface area contributed by atoms with E-state index in [1.165, 1.54) is 10.9 Å². The van der Waals surface area contributed by atoms with E-state index in [1.807, 2.05) is 26.0 Å². The van der Waals surface area contributed by atoms with Crippen LogP contribution in [0.2, 0.25) is 0 Å². The molecule has 0 fully saturated rings. The Labute approximate surface area is 148 Å². The summed E-state index contributed by atoms with van der Waals surface area (Å²) >= 11 is 0. The summed E-state index contributed by atoms with van der Waals surface area (Å²) in [4.78, 5) is 21.7. The minimum Gasteiger partial charge on any atom is -0.383 e. The minimum atomic E-state index is 0.0257. The molecule has 5 nitrogen and oxygen atoms in total. The summed E-state index contributed by atoms with van der Waals surface area (Å²) in [6.45, 7) is 6.16. The molecule has 2 aromatic heterocycles. The van der Waals surface area contributed by atoms with Gasteiger partial charge in [0.25, 0.3) is 5.91 Å². The van der Waals surface area contributed by atoms with Crippen LogP contribution in [-0.4, -0.2) is 40.4 Å². The zero-order chi connectivity index (χ0) is 17.6. The Kier molecular flexibility index (Phi) is 5.33. The van der Waals surface area contributed by atoms with Gasteiger partial charge in [-0.25, -0.2) is 0 Å². The number of amides is 1. The highest BCUT2D eigenvalue weighted by Gasteiger charge is 2.13. The van der Waals surface area contributed by atoms with Crippen molar-refractivity contribution in [3.8, 4) is 0 Å². The first kappa shape index (κ1) is 17.0. The molecule has 0 aliphatic rings. The number of para-hydroxylation sites is 1. The molecule has 0 radical (unpaired) electrons. The number of anilines is 1. The third-order valence-corrected chi connectivity index (χ3v) is 4.43. The second-order valence-electron chi connectivity index (χ2n) is 5.98. The topological polar surface area (TPSA) is 61.0 Å². The summed E-state index contributed by atoms with van der Waals surface area (Å²) in [7, 11) is 0. The normalized spacial score (nSPS) is 10.8. The Hall–Kier alpha value is -2.82. The van der Waals surface area contributed by atoms with Crippen LogP contribution in [0.25, 0.3) is 10.9 Å². The van der Waals surface area contributed by atoms with Gasteiger partial charge >= 0.3 is 0 Å². The summed E-state index contributed by atoms with van der Waals surface area (Å²) in [6.07, 6.45) is 6.35. The van der Waals surface area contributed by atoms with Crippen LogP contribution in [0, 0.1) is 0 Å². The van der Waals surface area contributed by atoms with Crippen molar-refractivity contribution in [1.82, 2.24) is 14.9 Å². The molecule has 0 saturated carbocycles. The molecule has 130 valence electrons. The lowest BCUT2D eigenvalue weighted by Crippen LogP contribution is -2.30. The van der Waals surface area contributed by atoms with E-state index in [0.29, 0.717) is 18.7 Å². The van der Waals surface area contributed by atoms with Crippen molar-refractivity contribution < 1.29 is 4.79 Å². The van der Waals surface area contributed by atoms with Crippen LogP contribution < -0.4 is 5.32 Å². The molecule has 0 spiro atoms. The predicted molar refractivity (Wildman–Crippen MR) is 102 cm³/mol. The highest BCUT2D eigenvalue weighted by molar-refractivity contribution is 5.94. The third-order valence-electron chi connectivity index (χ3n) is 4.43. The lowest BCUT2D eigenvalue weighted by molar-refractivity contribution is 0.0772. The maximum absolute atomic E-state index is 12.4. The van der Waals surface area contributed by atoms with Crippen LogP contribution in [-0.2, 0) is 6.42 Å². The van der Waals surface area contributed by atoms with Crippen molar-refractivity contribution in [2.24, 2.45) is 0 Å². The van der Waals surface area contributed by atoms with Crippen molar-refractivity contribution >= 4 is 22.5 Å². The Morgan fingerprint density at radius 2 is 2.00 bits per heavy atom. The van der Waals surface area contributed by atoms with Gasteiger partial charge in [0.2, 0.25) is 0 Å². The SMILES string of the molecule is CCN(CC)C(=O)c1cncc(NCCc2c[nH]c3ccccc23)c1. The summed E-state index contributed by atoms with van der Waals surface area (Å²) < 4.78 is 0. The number of hydrogen-bond acceptors (Lipinski definition) is 3. The highest BCUT2D eigenvalue weighted by atomic mass is 16.2. The van der Waals surface area contributed by atoms with Gasteiger partial charge in [0.1, 0.15) is 0 Å². The number of pyridine rings is 1. The Balaban J connectivity index is 1.64. The lowest BCUT2D eigenvalue weighted by Gasteiger charge is -2.18. The smallest absolute Gasteiger partial charge is 0.255 e. The molecule has 5 heteroatoms. The molecule has 0 unspecified atom stereocenters. The van der Waals surface area contributed by atoms with E-state index in [2.05, 4.69) is 39.7 Å². The number of aromatic amines is 1. The summed E-state index contributed by atoms with van der Waals surface area (Å²) in [6, 6.07) is 10.2. The van der Waals surface area contributed by atoms with Crippen molar-refractivity contribution in [1.29, 1.82) is 0 Å². The molecule has 0 aliphatic heterocycles. The number of fused-ring (bicyclic) bond motifs is 1. The largest absolute Gasteiger partial charge is 0.383 e. The first-order valence-electron chi connectivity index (χ1n) is 8.76. The second kappa shape index (κ2) is 7.83. The van der Waals surface area contributed by atoms with Crippen LogP contribution >= 0.6 is 0 Å². The van der Waals surface area contributed by atoms with Crippen molar-refractivity contribution in [3.05, 3.63) is 60.0 Å². The summed E-state index contributed by atoms with van der Waals surface area (Å²) in [5, 5.41) is 4.63. The second-order valence-corrected chi connectivity index (χ2v) is 5.98. The van der Waals surface area contributed by atoms with Crippen molar-refractivity contribution in [2.75, 3.05) is 25.0 Å². The van der Waals surface area contributed by atoms with Gasteiger partial charge in [0, 0.05) is 49.1 Å². The molecule has 1 amide bonds. The first-order valence-corrected chi connectivity index (χ1v) is 8.76. The van der Waals surface area contributed by atoms with Crippen molar-refractivity contribution in [2.45, 2.75) is 20.3 Å². The first-order chi connectivity index (χ1) is 12.2. The van der Waals surface area contributed by atoms with E-state index >= 15 is 0 Å². The predicted octanol–water partition coefficient (Wildman–Crippen LogP) is 3.70. The number of hydrogen-bond donors (Lipinski definition) is 2. The molecule has 0 saturated heterocycles. The van der Waals surface area contributed by atoms with E-state index in [-0.39, 0.29) is 5.91 Å². The molecule has 3 rings (SSSR count). The monoisotopic (exact) mass is 336 g/mol. The number of carbonyl (C=O) groups is 1. The van der Waals surface area contributed by atoms with Crippen LogP contribution in [0.5, 0.6) is 0 Å². The Morgan fingerprint density at radius 3 is 2.80 bits per heavy atom. The third kappa shape index (κ3) is 3.82. The van der Waals surface area contributed by atoms with Gasteiger partial charge in [-0.2, -0.15) is 0 Å². The zero-order valence-corrected chi connectivity index (χ0v) is 14.7. The van der Waals surface area contributed by atoms with E-state index in [1.54, 1.807) is 17.3 Å². The van der Waals surface area contributed by atoms with Gasteiger partial charge in [0.05, 0.1) is 11.3 Å². The standard InChI is InChI=1S/C20H24N4O/c1-3-24(4-2)20(25)16-11-17(14-21-12-16)22-10-9-15-13-23-19-8-6-5-7-18(15)19/h5-8,11-14,22-23H,3-4,9-10H2,1-2H3. The van der Waals surface area contributed by atoms with Gasteiger partial charge in [-0.1, -0.05) is 18.2 Å². The van der Waals surface area contributed by atoms with Gasteiger partial charge in [-0.3, -0.25) is 9.78 Å². The average molecular weight is 336 g/mol. The fourth-order valence-corrected chi connectivity index (χ4v) is 3.03. The Bertz CT molecular complexity index is 852. The Morgan fingerprint density at radius 1 is 1.20 bits per heavy atom. The number of H-pyrrole nitrogens is 1. The number of aromatic nitrogens is 2. The van der Waals surface area contributed by atoms with E-state index in [9.17, 15) is 4.79 Å². The van der Waals surface area contributed by atoms with Crippen molar-refractivity contribution in [3.63, 3.8) is 0 Å². The molecule has 2 heterocycles. The van der Waals surface area contributed by atoms with Crippen LogP contribution in [0.15, 0.2) is 48.9 Å². The number of rotatable bonds is 7. The summed E-state index contributed by atoms with van der Waals surface area (Å²) in [5.74, 6) is 0.0257. The number of nitrogens with zero attached hydrogens (tertiary/aromatic N) is 2. The zero-order valence-electron chi connectivity index (χ0n) is 14.7. The van der Waals surface area contributed by atoms with Crippen LogP contribution in [0.1, 0.15) is 29.8 Å². The number of carbonyl (C=O) groups excluding carboxylic acids is 1. The molecule has 0 aliphatic carbocycles. The molecule has 1 aromatic carbocycles. The van der Waals surface area contributed by atoms with Gasteiger partial charge in [-0.05, 0) is 38.0 Å². The van der Waals surface area contributed by atoms with Gasteiger partial charge in [0.15, 0.2) is 0 Å².